The number of benzene rings is 5. The quantitative estimate of drug-likeness (QED) is 0.243. The van der Waals surface area contributed by atoms with Crippen molar-refractivity contribution in [1.82, 2.24) is 0 Å². The molecule has 0 amide bonds. The summed E-state index contributed by atoms with van der Waals surface area (Å²) in [6.45, 7) is 0. The van der Waals surface area contributed by atoms with Gasteiger partial charge in [-0.25, -0.2) is 0 Å². The van der Waals surface area contributed by atoms with Crippen LogP contribution in [0.5, 0.6) is 0 Å². The molecular formula is C29H17Cl. The van der Waals surface area contributed by atoms with Gasteiger partial charge in [0.05, 0.1) is 5.41 Å². The van der Waals surface area contributed by atoms with Crippen molar-refractivity contribution in [3.8, 4) is 22.3 Å². The molecule has 0 saturated heterocycles. The molecule has 30 heavy (non-hydrogen) atoms. The van der Waals surface area contributed by atoms with Gasteiger partial charge in [0.25, 0.3) is 0 Å². The largest absolute Gasteiger partial charge is 0.0837 e. The summed E-state index contributed by atoms with van der Waals surface area (Å²) in [5.41, 5.74) is 10.3. The van der Waals surface area contributed by atoms with Crippen LogP contribution in [-0.2, 0) is 5.41 Å². The van der Waals surface area contributed by atoms with Crippen molar-refractivity contribution < 1.29 is 0 Å². The molecule has 0 aromatic heterocycles. The molecule has 1 spiro atoms. The average molecular weight is 401 g/mol. The van der Waals surface area contributed by atoms with Gasteiger partial charge < -0.3 is 0 Å². The Morgan fingerprint density at radius 1 is 0.467 bits per heavy atom. The van der Waals surface area contributed by atoms with Crippen LogP contribution in [0.15, 0.2) is 103 Å². The first-order chi connectivity index (χ1) is 14.8. The van der Waals surface area contributed by atoms with Gasteiger partial charge in [0.1, 0.15) is 0 Å². The highest BCUT2D eigenvalue weighted by atomic mass is 35.5. The van der Waals surface area contributed by atoms with E-state index in [0.717, 1.165) is 5.02 Å². The van der Waals surface area contributed by atoms with Gasteiger partial charge in [0.15, 0.2) is 0 Å². The maximum atomic E-state index is 6.90. The Morgan fingerprint density at radius 2 is 1.00 bits per heavy atom. The molecule has 0 heterocycles. The van der Waals surface area contributed by atoms with E-state index < -0.39 is 0 Å². The fourth-order valence-electron chi connectivity index (χ4n) is 5.92. The van der Waals surface area contributed by atoms with Gasteiger partial charge in [-0.15, -0.1) is 0 Å². The molecule has 7 rings (SSSR count). The third kappa shape index (κ3) is 1.75. The summed E-state index contributed by atoms with van der Waals surface area (Å²) in [7, 11) is 0. The van der Waals surface area contributed by atoms with Crippen molar-refractivity contribution in [3.63, 3.8) is 0 Å². The lowest BCUT2D eigenvalue weighted by atomic mass is 9.69. The lowest BCUT2D eigenvalue weighted by Crippen LogP contribution is -2.26. The second kappa shape index (κ2) is 5.62. The second-order valence-corrected chi connectivity index (χ2v) is 8.62. The lowest BCUT2D eigenvalue weighted by molar-refractivity contribution is 0.801. The van der Waals surface area contributed by atoms with Gasteiger partial charge in [-0.3, -0.25) is 0 Å². The van der Waals surface area contributed by atoms with Crippen LogP contribution >= 0.6 is 11.6 Å². The standard InChI is InChI=1S/C29H17Cl/c30-26-15-7-8-18-16-17-22-21-11-3-6-14-25(21)29(28(22)27(18)26)23-12-4-1-9-19(23)20-10-2-5-13-24(20)29/h1-17H. The van der Waals surface area contributed by atoms with Gasteiger partial charge in [0, 0.05) is 10.4 Å². The highest BCUT2D eigenvalue weighted by molar-refractivity contribution is 6.36. The molecule has 0 N–H and O–H groups in total. The smallest absolute Gasteiger partial charge is 0.0732 e. The van der Waals surface area contributed by atoms with Crippen LogP contribution in [0.3, 0.4) is 0 Å². The van der Waals surface area contributed by atoms with Gasteiger partial charge >= 0.3 is 0 Å². The van der Waals surface area contributed by atoms with Crippen molar-refractivity contribution in [2.75, 3.05) is 0 Å². The molecule has 0 nitrogen and oxygen atoms in total. The summed E-state index contributed by atoms with van der Waals surface area (Å²) in [6.07, 6.45) is 0. The van der Waals surface area contributed by atoms with E-state index in [1.54, 1.807) is 0 Å². The first-order valence-corrected chi connectivity index (χ1v) is 10.7. The third-order valence-corrected chi connectivity index (χ3v) is 7.26. The Bertz CT molecular complexity index is 1450. The molecule has 0 atom stereocenters. The number of hydrogen-bond donors (Lipinski definition) is 0. The monoisotopic (exact) mass is 400 g/mol. The number of halogens is 1. The first-order valence-electron chi connectivity index (χ1n) is 10.3. The molecule has 2 aliphatic carbocycles. The van der Waals surface area contributed by atoms with Gasteiger partial charge in [-0.05, 0) is 56.0 Å². The van der Waals surface area contributed by atoms with E-state index in [1.807, 2.05) is 12.1 Å². The zero-order valence-corrected chi connectivity index (χ0v) is 16.9. The molecular weight excluding hydrogens is 384 g/mol. The number of hydrogen-bond acceptors (Lipinski definition) is 0. The summed E-state index contributed by atoms with van der Waals surface area (Å²) >= 11 is 6.90. The second-order valence-electron chi connectivity index (χ2n) is 8.21. The van der Waals surface area contributed by atoms with Crippen molar-refractivity contribution in [3.05, 3.63) is 130 Å². The summed E-state index contributed by atoms with van der Waals surface area (Å²) in [4.78, 5) is 0. The molecule has 1 heteroatoms. The zero-order chi connectivity index (χ0) is 19.9. The summed E-state index contributed by atoms with van der Waals surface area (Å²) in [5, 5.41) is 3.17. The Balaban J connectivity index is 1.80. The van der Waals surface area contributed by atoms with Crippen molar-refractivity contribution in [1.29, 1.82) is 0 Å². The van der Waals surface area contributed by atoms with Gasteiger partial charge in [-0.2, -0.15) is 0 Å². The summed E-state index contributed by atoms with van der Waals surface area (Å²) in [5.74, 6) is 0. The van der Waals surface area contributed by atoms with Crippen LogP contribution in [0.2, 0.25) is 5.02 Å². The van der Waals surface area contributed by atoms with E-state index in [-0.39, 0.29) is 5.41 Å². The number of fused-ring (bicyclic) bond motifs is 12. The van der Waals surface area contributed by atoms with Crippen molar-refractivity contribution in [2.24, 2.45) is 0 Å². The topological polar surface area (TPSA) is 0 Å². The Morgan fingerprint density at radius 3 is 1.60 bits per heavy atom. The van der Waals surface area contributed by atoms with E-state index in [9.17, 15) is 0 Å². The molecule has 5 aromatic rings. The SMILES string of the molecule is Clc1cccc2ccc3c(c12)C1(c2ccccc2-c2ccccc21)c1ccccc1-3. The van der Waals surface area contributed by atoms with Gasteiger partial charge in [0.2, 0.25) is 0 Å². The predicted octanol–water partition coefficient (Wildman–Crippen LogP) is 7.84. The number of rotatable bonds is 0. The Hall–Kier alpha value is -3.35. The van der Waals surface area contributed by atoms with E-state index >= 15 is 0 Å². The fraction of sp³-hybridized carbons (Fsp3) is 0.0345. The normalized spacial score (nSPS) is 14.4. The highest BCUT2D eigenvalue weighted by Crippen LogP contribution is 2.64. The van der Waals surface area contributed by atoms with Crippen LogP contribution < -0.4 is 0 Å². The van der Waals surface area contributed by atoms with Crippen LogP contribution in [0.4, 0.5) is 0 Å². The van der Waals surface area contributed by atoms with E-state index in [0.29, 0.717) is 0 Å². The Labute approximate surface area is 180 Å². The summed E-state index contributed by atoms with van der Waals surface area (Å²) in [6, 6.07) is 37.4. The fourth-order valence-corrected chi connectivity index (χ4v) is 6.20. The van der Waals surface area contributed by atoms with E-state index in [2.05, 4.69) is 91.0 Å². The molecule has 0 aliphatic heterocycles. The minimum Gasteiger partial charge on any atom is -0.0837 e. The molecule has 0 radical (unpaired) electrons. The molecule has 0 fully saturated rings. The molecule has 0 unspecified atom stereocenters. The Kier molecular flexibility index (Phi) is 3.08. The highest BCUT2D eigenvalue weighted by Gasteiger charge is 2.52. The predicted molar refractivity (Wildman–Crippen MR) is 125 cm³/mol. The maximum absolute atomic E-state index is 6.90. The minimum absolute atomic E-state index is 0.344. The molecule has 0 bridgehead atoms. The van der Waals surface area contributed by atoms with Gasteiger partial charge in [-0.1, -0.05) is 109 Å². The molecule has 0 saturated carbocycles. The first kappa shape index (κ1) is 16.4. The summed E-state index contributed by atoms with van der Waals surface area (Å²) < 4.78 is 0. The third-order valence-electron chi connectivity index (χ3n) is 6.94. The van der Waals surface area contributed by atoms with Crippen LogP contribution in [-0.4, -0.2) is 0 Å². The maximum Gasteiger partial charge on any atom is 0.0732 e. The van der Waals surface area contributed by atoms with Crippen LogP contribution in [0, 0.1) is 0 Å². The lowest BCUT2D eigenvalue weighted by Gasteiger charge is -2.31. The molecule has 140 valence electrons. The molecule has 2 aliphatic rings. The van der Waals surface area contributed by atoms with Crippen molar-refractivity contribution >= 4 is 22.4 Å². The van der Waals surface area contributed by atoms with Crippen LogP contribution in [0.1, 0.15) is 22.3 Å². The van der Waals surface area contributed by atoms with E-state index in [1.165, 1.54) is 55.3 Å². The van der Waals surface area contributed by atoms with E-state index in [4.69, 9.17) is 11.6 Å². The minimum atomic E-state index is -0.344. The van der Waals surface area contributed by atoms with Crippen LogP contribution in [0.25, 0.3) is 33.0 Å². The molecule has 5 aromatic carbocycles. The van der Waals surface area contributed by atoms with Crippen molar-refractivity contribution in [2.45, 2.75) is 5.41 Å². The zero-order valence-electron chi connectivity index (χ0n) is 16.2. The average Bonchev–Trinajstić information content (AvgIpc) is 3.27.